The highest BCUT2D eigenvalue weighted by atomic mass is 16.5. The number of ether oxygens (including phenoxy) is 1. The Kier molecular flexibility index (Phi) is 4.80. The fourth-order valence-corrected chi connectivity index (χ4v) is 2.43. The summed E-state index contributed by atoms with van der Waals surface area (Å²) in [5.74, 6) is 1.47. The van der Waals surface area contributed by atoms with Crippen molar-refractivity contribution in [1.29, 1.82) is 0 Å². The fourth-order valence-electron chi connectivity index (χ4n) is 2.43. The van der Waals surface area contributed by atoms with Crippen molar-refractivity contribution in [2.75, 3.05) is 32.1 Å². The molecule has 0 aliphatic carbocycles. The van der Waals surface area contributed by atoms with Crippen molar-refractivity contribution < 1.29 is 9.53 Å². The van der Waals surface area contributed by atoms with Crippen LogP contribution in [0.1, 0.15) is 19.3 Å². The maximum absolute atomic E-state index is 12.3. The summed E-state index contributed by atoms with van der Waals surface area (Å²) < 4.78 is 5.19. The van der Waals surface area contributed by atoms with Gasteiger partial charge in [0.25, 0.3) is 0 Å². The van der Waals surface area contributed by atoms with Crippen LogP contribution in [-0.4, -0.2) is 33.2 Å². The van der Waals surface area contributed by atoms with Gasteiger partial charge in [-0.2, -0.15) is 0 Å². The molecule has 0 unspecified atom stereocenters. The van der Waals surface area contributed by atoms with E-state index in [0.29, 0.717) is 12.3 Å². The number of carbonyl (C=O) groups excluding carboxylic acids is 1. The number of anilines is 1. The molecule has 0 saturated carbocycles. The minimum Gasteiger partial charge on any atom is -0.497 e. The van der Waals surface area contributed by atoms with E-state index in [4.69, 9.17) is 4.74 Å². The Balaban J connectivity index is 1.97. The van der Waals surface area contributed by atoms with Crippen molar-refractivity contribution >= 4 is 11.6 Å². The first-order valence-corrected chi connectivity index (χ1v) is 6.82. The average molecular weight is 262 g/mol. The van der Waals surface area contributed by atoms with Gasteiger partial charge in [-0.25, -0.2) is 0 Å². The third-order valence-corrected chi connectivity index (χ3v) is 3.74. The minimum atomic E-state index is 0.181. The Bertz CT molecular complexity index is 428. The van der Waals surface area contributed by atoms with Gasteiger partial charge in [-0.05, 0) is 44.0 Å². The molecule has 1 heterocycles. The molecule has 1 N–H and O–H groups in total. The number of nitrogens with zero attached hydrogens (tertiary/aromatic N) is 1. The maximum Gasteiger partial charge on any atom is 0.226 e. The van der Waals surface area contributed by atoms with Crippen LogP contribution >= 0.6 is 0 Å². The molecule has 104 valence electrons. The van der Waals surface area contributed by atoms with Gasteiger partial charge in [-0.3, -0.25) is 4.79 Å². The SMILES string of the molecule is COc1cccc(N(C)C(=O)CC2CCNCC2)c1. The smallest absolute Gasteiger partial charge is 0.226 e. The molecule has 1 amide bonds. The zero-order valence-corrected chi connectivity index (χ0v) is 11.7. The Labute approximate surface area is 114 Å². The summed E-state index contributed by atoms with van der Waals surface area (Å²) in [7, 11) is 3.47. The Morgan fingerprint density at radius 2 is 2.16 bits per heavy atom. The molecule has 0 radical (unpaired) electrons. The number of piperidine rings is 1. The maximum atomic E-state index is 12.3. The lowest BCUT2D eigenvalue weighted by Gasteiger charge is -2.25. The van der Waals surface area contributed by atoms with Crippen molar-refractivity contribution in [3.8, 4) is 5.75 Å². The van der Waals surface area contributed by atoms with Crippen LogP contribution in [-0.2, 0) is 4.79 Å². The molecule has 1 aromatic rings. The molecular weight excluding hydrogens is 240 g/mol. The predicted octanol–water partition coefficient (Wildman–Crippen LogP) is 2.05. The van der Waals surface area contributed by atoms with Gasteiger partial charge in [0.05, 0.1) is 7.11 Å². The Morgan fingerprint density at radius 1 is 1.42 bits per heavy atom. The van der Waals surface area contributed by atoms with Gasteiger partial charge >= 0.3 is 0 Å². The van der Waals surface area contributed by atoms with Crippen LogP contribution in [0.25, 0.3) is 0 Å². The molecule has 0 spiro atoms. The number of rotatable bonds is 4. The molecule has 1 aliphatic heterocycles. The second kappa shape index (κ2) is 6.57. The molecule has 0 bridgehead atoms. The summed E-state index contributed by atoms with van der Waals surface area (Å²) in [6.45, 7) is 2.06. The lowest BCUT2D eigenvalue weighted by Crippen LogP contribution is -2.33. The molecule has 0 atom stereocenters. The average Bonchev–Trinajstić information content (AvgIpc) is 2.47. The minimum absolute atomic E-state index is 0.181. The summed E-state index contributed by atoms with van der Waals surface area (Å²) in [5.41, 5.74) is 0.887. The first-order valence-electron chi connectivity index (χ1n) is 6.82. The highest BCUT2D eigenvalue weighted by Gasteiger charge is 2.19. The number of methoxy groups -OCH3 is 1. The summed E-state index contributed by atoms with van der Waals surface area (Å²) in [5, 5.41) is 3.32. The van der Waals surface area contributed by atoms with Gasteiger partial charge in [0.1, 0.15) is 5.75 Å². The highest BCUT2D eigenvalue weighted by molar-refractivity contribution is 5.93. The number of amides is 1. The lowest BCUT2D eigenvalue weighted by molar-refractivity contribution is -0.119. The number of hydrogen-bond acceptors (Lipinski definition) is 3. The number of nitrogens with one attached hydrogen (secondary N) is 1. The number of benzene rings is 1. The number of hydrogen-bond donors (Lipinski definition) is 1. The molecule has 1 saturated heterocycles. The van der Waals surface area contributed by atoms with Gasteiger partial charge < -0.3 is 15.0 Å². The largest absolute Gasteiger partial charge is 0.497 e. The van der Waals surface area contributed by atoms with Crippen molar-refractivity contribution in [1.82, 2.24) is 5.32 Å². The van der Waals surface area contributed by atoms with Gasteiger partial charge in [0.2, 0.25) is 5.91 Å². The van der Waals surface area contributed by atoms with E-state index >= 15 is 0 Å². The zero-order chi connectivity index (χ0) is 13.7. The Hall–Kier alpha value is -1.55. The fraction of sp³-hybridized carbons (Fsp3) is 0.533. The third kappa shape index (κ3) is 3.70. The molecule has 2 rings (SSSR count). The number of carbonyl (C=O) groups is 1. The van der Waals surface area contributed by atoms with Gasteiger partial charge in [0.15, 0.2) is 0 Å². The topological polar surface area (TPSA) is 41.6 Å². The highest BCUT2D eigenvalue weighted by Crippen LogP contribution is 2.23. The molecule has 1 fully saturated rings. The van der Waals surface area contributed by atoms with Crippen LogP contribution in [0.15, 0.2) is 24.3 Å². The second-order valence-electron chi connectivity index (χ2n) is 5.05. The van der Waals surface area contributed by atoms with E-state index in [-0.39, 0.29) is 5.91 Å². The monoisotopic (exact) mass is 262 g/mol. The molecule has 1 aliphatic rings. The van der Waals surface area contributed by atoms with Crippen LogP contribution in [0.2, 0.25) is 0 Å². The summed E-state index contributed by atoms with van der Waals surface area (Å²) >= 11 is 0. The van der Waals surface area contributed by atoms with Crippen molar-refractivity contribution in [3.05, 3.63) is 24.3 Å². The summed E-state index contributed by atoms with van der Waals surface area (Å²) in [6.07, 6.45) is 2.82. The molecule has 4 heteroatoms. The standard InChI is InChI=1S/C15H22N2O2/c1-17(13-4-3-5-14(11-13)19-2)15(18)10-12-6-8-16-9-7-12/h3-5,11-12,16H,6-10H2,1-2H3. The summed E-state index contributed by atoms with van der Waals surface area (Å²) in [4.78, 5) is 14.0. The van der Waals surface area contributed by atoms with E-state index < -0.39 is 0 Å². The molecule has 1 aromatic carbocycles. The van der Waals surface area contributed by atoms with Gasteiger partial charge in [-0.1, -0.05) is 6.07 Å². The quantitative estimate of drug-likeness (QED) is 0.903. The molecule has 19 heavy (non-hydrogen) atoms. The zero-order valence-electron chi connectivity index (χ0n) is 11.7. The van der Waals surface area contributed by atoms with E-state index in [9.17, 15) is 4.79 Å². The normalized spacial score (nSPS) is 16.1. The third-order valence-electron chi connectivity index (χ3n) is 3.74. The molecule has 4 nitrogen and oxygen atoms in total. The van der Waals surface area contributed by atoms with Gasteiger partial charge in [-0.15, -0.1) is 0 Å². The van der Waals surface area contributed by atoms with Crippen molar-refractivity contribution in [2.24, 2.45) is 5.92 Å². The van der Waals surface area contributed by atoms with Crippen LogP contribution in [0.4, 0.5) is 5.69 Å². The first kappa shape index (κ1) is 13.9. The van der Waals surface area contributed by atoms with E-state index in [1.54, 1.807) is 12.0 Å². The first-order chi connectivity index (χ1) is 9.20. The Morgan fingerprint density at radius 3 is 2.84 bits per heavy atom. The van der Waals surface area contributed by atoms with Crippen LogP contribution in [0.5, 0.6) is 5.75 Å². The molecule has 0 aromatic heterocycles. The molecular formula is C15H22N2O2. The van der Waals surface area contributed by atoms with Crippen LogP contribution in [0.3, 0.4) is 0 Å². The second-order valence-corrected chi connectivity index (χ2v) is 5.05. The van der Waals surface area contributed by atoms with Crippen molar-refractivity contribution in [2.45, 2.75) is 19.3 Å². The van der Waals surface area contributed by atoms with E-state index in [2.05, 4.69) is 5.32 Å². The van der Waals surface area contributed by atoms with Crippen LogP contribution < -0.4 is 15.0 Å². The van der Waals surface area contributed by atoms with Gasteiger partial charge in [0, 0.05) is 25.2 Å². The predicted molar refractivity (Wildman–Crippen MR) is 76.6 cm³/mol. The van der Waals surface area contributed by atoms with Crippen molar-refractivity contribution in [3.63, 3.8) is 0 Å². The van der Waals surface area contributed by atoms with E-state index in [1.165, 1.54) is 0 Å². The van der Waals surface area contributed by atoms with E-state index in [0.717, 1.165) is 37.4 Å². The van der Waals surface area contributed by atoms with E-state index in [1.807, 2.05) is 31.3 Å². The summed E-state index contributed by atoms with van der Waals surface area (Å²) in [6, 6.07) is 7.61. The lowest BCUT2D eigenvalue weighted by atomic mass is 9.94. The van der Waals surface area contributed by atoms with Crippen LogP contribution in [0, 0.1) is 5.92 Å².